The number of halogens is 2. The van der Waals surface area contributed by atoms with Crippen LogP contribution >= 0.6 is 11.6 Å². The quantitative estimate of drug-likeness (QED) is 0.490. The predicted molar refractivity (Wildman–Crippen MR) is 133 cm³/mol. The fraction of sp³-hybridized carbons (Fsp3) is 0.417. The number of piperazine rings is 1. The minimum absolute atomic E-state index is 0.0745. The van der Waals surface area contributed by atoms with Crippen LogP contribution in [0.25, 0.3) is 0 Å². The van der Waals surface area contributed by atoms with Crippen LogP contribution in [0.5, 0.6) is 11.5 Å². The van der Waals surface area contributed by atoms with E-state index in [1.807, 2.05) is 13.8 Å². The highest BCUT2D eigenvalue weighted by Gasteiger charge is 2.32. The number of sulfonamides is 1. The van der Waals surface area contributed by atoms with E-state index in [0.717, 1.165) is 5.56 Å². The van der Waals surface area contributed by atoms with Gasteiger partial charge in [0.15, 0.2) is 23.9 Å². The summed E-state index contributed by atoms with van der Waals surface area (Å²) in [4.78, 5) is 28.7. The molecule has 1 aliphatic heterocycles. The van der Waals surface area contributed by atoms with Gasteiger partial charge in [-0.2, -0.15) is 0 Å². The summed E-state index contributed by atoms with van der Waals surface area (Å²) in [5, 5.41) is 5.18. The monoisotopic (exact) mass is 541 g/mol. The van der Waals surface area contributed by atoms with E-state index in [4.69, 9.17) is 26.2 Å². The molecule has 12 heteroatoms. The van der Waals surface area contributed by atoms with Gasteiger partial charge in [-0.15, -0.1) is 0 Å². The smallest absolute Gasteiger partial charge is 0.260 e. The maximum Gasteiger partial charge on any atom is 0.260 e. The first-order valence-corrected chi connectivity index (χ1v) is 13.4. The Bertz CT molecular complexity index is 1190. The van der Waals surface area contributed by atoms with E-state index in [1.54, 1.807) is 23.1 Å². The summed E-state index contributed by atoms with van der Waals surface area (Å²) < 4.78 is 46.4. The Labute approximate surface area is 215 Å². The molecule has 9 nitrogen and oxygen atoms in total. The molecule has 36 heavy (non-hydrogen) atoms. The molecule has 0 aliphatic carbocycles. The molecular formula is C24H29ClFN3O6S. The summed E-state index contributed by atoms with van der Waals surface area (Å²) in [6.07, 6.45) is 0. The molecule has 1 fully saturated rings. The van der Waals surface area contributed by atoms with E-state index in [9.17, 15) is 22.4 Å². The Hall–Kier alpha value is -2.73. The van der Waals surface area contributed by atoms with Crippen LogP contribution < -0.4 is 14.6 Å². The van der Waals surface area contributed by atoms with E-state index in [1.165, 1.54) is 24.3 Å². The van der Waals surface area contributed by atoms with Crippen LogP contribution in [-0.2, 0) is 26.2 Å². The van der Waals surface area contributed by atoms with Gasteiger partial charge in [0.1, 0.15) is 18.2 Å². The number of nitrogens with zero attached hydrogens (tertiary/aromatic N) is 2. The summed E-state index contributed by atoms with van der Waals surface area (Å²) in [6, 6.07) is 10.8. The highest BCUT2D eigenvalue weighted by Crippen LogP contribution is 2.30. The van der Waals surface area contributed by atoms with Crippen molar-refractivity contribution in [1.82, 2.24) is 9.80 Å². The van der Waals surface area contributed by atoms with E-state index in [-0.39, 0.29) is 41.9 Å². The first-order valence-electron chi connectivity index (χ1n) is 11.3. The first-order chi connectivity index (χ1) is 16.9. The minimum atomic E-state index is -3.97. The van der Waals surface area contributed by atoms with E-state index >= 15 is 0 Å². The zero-order valence-electron chi connectivity index (χ0n) is 20.0. The Kier molecular flexibility index (Phi) is 9.29. The number of Topliss-reactive ketones (excluding diaryl/α,β-unsaturated/α-hetero) is 1. The van der Waals surface area contributed by atoms with Crippen LogP contribution in [0.1, 0.15) is 19.4 Å². The summed E-state index contributed by atoms with van der Waals surface area (Å²) in [6.45, 7) is 4.96. The van der Waals surface area contributed by atoms with Crippen molar-refractivity contribution in [3.8, 4) is 11.5 Å². The maximum absolute atomic E-state index is 13.2. The second-order valence-corrected chi connectivity index (χ2v) is 10.9. The molecule has 0 bridgehead atoms. The van der Waals surface area contributed by atoms with Crippen molar-refractivity contribution in [2.75, 3.05) is 32.1 Å². The van der Waals surface area contributed by atoms with Gasteiger partial charge >= 0.3 is 0 Å². The van der Waals surface area contributed by atoms with Gasteiger partial charge in [0.05, 0.1) is 0 Å². The molecule has 2 aromatic rings. The number of nitrogens with two attached hydrogens (primary N) is 1. The van der Waals surface area contributed by atoms with Gasteiger partial charge in [-0.05, 0) is 43.7 Å². The van der Waals surface area contributed by atoms with Crippen molar-refractivity contribution in [3.05, 3.63) is 58.9 Å². The average molecular weight is 542 g/mol. The van der Waals surface area contributed by atoms with Crippen molar-refractivity contribution in [2.45, 2.75) is 32.5 Å². The number of carbonyl (C=O) groups excluding carboxylic acids is 2. The minimum Gasteiger partial charge on any atom is -0.482 e. The second-order valence-electron chi connectivity index (χ2n) is 8.81. The summed E-state index contributed by atoms with van der Waals surface area (Å²) in [7, 11) is -3.97. The molecule has 2 aromatic carbocycles. The molecule has 1 aliphatic rings. The number of hydrogen-bond acceptors (Lipinski definition) is 7. The zero-order valence-corrected chi connectivity index (χ0v) is 21.6. The fourth-order valence-electron chi connectivity index (χ4n) is 3.95. The molecular weight excluding hydrogens is 513 g/mol. The van der Waals surface area contributed by atoms with E-state index in [2.05, 4.69) is 4.90 Å². The zero-order chi connectivity index (χ0) is 26.5. The second kappa shape index (κ2) is 12.0. The third-order valence-electron chi connectivity index (χ3n) is 5.74. The van der Waals surface area contributed by atoms with Crippen molar-refractivity contribution in [2.24, 2.45) is 5.14 Å². The number of amides is 1. The van der Waals surface area contributed by atoms with Gasteiger partial charge in [0, 0.05) is 42.8 Å². The molecule has 0 aromatic heterocycles. The van der Waals surface area contributed by atoms with Crippen LogP contribution in [-0.4, -0.2) is 74.0 Å². The van der Waals surface area contributed by atoms with Crippen LogP contribution in [0.3, 0.4) is 0 Å². The lowest BCUT2D eigenvalue weighted by Gasteiger charge is -2.44. The predicted octanol–water partition coefficient (Wildman–Crippen LogP) is 2.22. The van der Waals surface area contributed by atoms with Gasteiger partial charge in [-0.25, -0.2) is 17.9 Å². The number of benzene rings is 2. The number of carbonyl (C=O) groups is 2. The molecule has 0 radical (unpaired) electrons. The fourth-order valence-corrected chi connectivity index (χ4v) is 4.65. The number of ether oxygens (including phenoxy) is 2. The highest BCUT2D eigenvalue weighted by atomic mass is 35.5. The van der Waals surface area contributed by atoms with Gasteiger partial charge in [-0.3, -0.25) is 14.5 Å². The molecule has 2 atom stereocenters. The molecule has 1 saturated heterocycles. The summed E-state index contributed by atoms with van der Waals surface area (Å²) in [5.74, 6) is -1.80. The molecule has 0 spiro atoms. The molecule has 3 rings (SSSR count). The normalized spacial score (nSPS) is 18.6. The molecule has 0 unspecified atom stereocenters. The summed E-state index contributed by atoms with van der Waals surface area (Å²) >= 11 is 6.00. The van der Waals surface area contributed by atoms with Crippen LogP contribution in [0.2, 0.25) is 5.02 Å². The number of rotatable bonds is 10. The Morgan fingerprint density at radius 3 is 2.36 bits per heavy atom. The van der Waals surface area contributed by atoms with Crippen LogP contribution in [0.15, 0.2) is 42.5 Å². The van der Waals surface area contributed by atoms with E-state index in [0.29, 0.717) is 24.7 Å². The van der Waals surface area contributed by atoms with Crippen molar-refractivity contribution in [3.63, 3.8) is 0 Å². The lowest BCUT2D eigenvalue weighted by molar-refractivity contribution is -0.139. The van der Waals surface area contributed by atoms with Crippen molar-refractivity contribution in [1.29, 1.82) is 0 Å². The number of primary sulfonamides is 1. The largest absolute Gasteiger partial charge is 0.482 e. The first kappa shape index (κ1) is 27.9. The topological polar surface area (TPSA) is 119 Å². The van der Waals surface area contributed by atoms with E-state index < -0.39 is 28.2 Å². The maximum atomic E-state index is 13.2. The Balaban J connectivity index is 1.57. The molecule has 0 saturated carbocycles. The van der Waals surface area contributed by atoms with Crippen molar-refractivity contribution >= 4 is 33.3 Å². The van der Waals surface area contributed by atoms with Gasteiger partial charge in [0.2, 0.25) is 10.0 Å². The third-order valence-corrected chi connectivity index (χ3v) is 6.70. The number of ketones is 1. The van der Waals surface area contributed by atoms with Gasteiger partial charge in [0.25, 0.3) is 5.91 Å². The lowest BCUT2D eigenvalue weighted by atomic mass is 10.1. The Morgan fingerprint density at radius 2 is 1.69 bits per heavy atom. The SMILES string of the molecule is C[C@@H]1CN(Cc2ccc(F)cc2)[C@@H](C)CN1C(=O)COc1ccc(Cl)cc1OCC(=O)CS(N)(=O)=O. The van der Waals surface area contributed by atoms with Gasteiger partial charge in [-0.1, -0.05) is 23.7 Å². The van der Waals surface area contributed by atoms with Crippen LogP contribution in [0.4, 0.5) is 4.39 Å². The molecule has 1 heterocycles. The molecule has 2 N–H and O–H groups in total. The average Bonchev–Trinajstić information content (AvgIpc) is 2.79. The third kappa shape index (κ3) is 8.16. The number of hydrogen-bond donors (Lipinski definition) is 1. The molecule has 1 amide bonds. The lowest BCUT2D eigenvalue weighted by Crippen LogP contribution is -2.58. The van der Waals surface area contributed by atoms with Crippen molar-refractivity contribution < 1.29 is 31.9 Å². The Morgan fingerprint density at radius 1 is 1.03 bits per heavy atom. The van der Waals surface area contributed by atoms with Gasteiger partial charge < -0.3 is 14.4 Å². The standard InChI is InChI=1S/C24H29ClFN3O6S/c1-16-11-29(17(2)10-28(16)12-18-3-6-20(26)7-4-18)24(31)14-35-22-8-5-19(25)9-23(22)34-13-21(30)15-36(27,32)33/h3-9,16-17H,10-15H2,1-2H3,(H2,27,32,33)/t16-,17+/m0/s1. The molecule has 196 valence electrons. The summed E-state index contributed by atoms with van der Waals surface area (Å²) in [5.41, 5.74) is 0.997. The van der Waals surface area contributed by atoms with Crippen LogP contribution in [0, 0.1) is 5.82 Å². The highest BCUT2D eigenvalue weighted by molar-refractivity contribution is 7.89.